The summed E-state index contributed by atoms with van der Waals surface area (Å²) < 4.78 is 19.0. The van der Waals surface area contributed by atoms with Crippen molar-refractivity contribution >= 4 is 18.4 Å². The molecule has 0 aromatic carbocycles. The summed E-state index contributed by atoms with van der Waals surface area (Å²) in [7, 11) is 0. The van der Waals surface area contributed by atoms with E-state index < -0.39 is 5.95 Å². The number of halogens is 2. The fraction of sp³-hybridized carbons (Fsp3) is 0.263. The van der Waals surface area contributed by atoms with Crippen LogP contribution in [0.1, 0.15) is 29.8 Å². The summed E-state index contributed by atoms with van der Waals surface area (Å²) in [6, 6.07) is 6.52. The van der Waals surface area contributed by atoms with Crippen LogP contribution < -0.4 is 10.5 Å². The average molecular weight is 388 g/mol. The third-order valence-corrected chi connectivity index (χ3v) is 4.40. The molecule has 0 bridgehead atoms. The molecule has 3 aromatic rings. The molecule has 140 valence electrons. The van der Waals surface area contributed by atoms with E-state index in [1.165, 1.54) is 11.6 Å². The predicted octanol–water partition coefficient (Wildman–Crippen LogP) is 3.53. The van der Waals surface area contributed by atoms with Crippen LogP contribution in [0.15, 0.2) is 36.7 Å². The van der Waals surface area contributed by atoms with Gasteiger partial charge in [-0.3, -0.25) is 0 Å². The first-order valence-corrected chi connectivity index (χ1v) is 8.54. The Labute approximate surface area is 162 Å². The van der Waals surface area contributed by atoms with Gasteiger partial charge in [0, 0.05) is 29.7 Å². The standard InChI is InChI=1S/C19H18FN5O.ClH/c20-17-7-3-4-13(24-17)11-26-18-8-15(12-9-22-19(21)23-10-12)14-5-1-2-6-16(14)25-18;/h3-4,7-10H,1-2,5-6,11H2,(H2,21,22,23);1H. The summed E-state index contributed by atoms with van der Waals surface area (Å²) in [6.07, 6.45) is 7.54. The van der Waals surface area contributed by atoms with Crippen molar-refractivity contribution < 1.29 is 9.13 Å². The number of hydrogen-bond acceptors (Lipinski definition) is 6. The molecule has 0 saturated heterocycles. The van der Waals surface area contributed by atoms with E-state index in [1.54, 1.807) is 24.5 Å². The molecule has 0 aliphatic heterocycles. The summed E-state index contributed by atoms with van der Waals surface area (Å²) in [5.74, 6) is 0.207. The van der Waals surface area contributed by atoms with E-state index in [2.05, 4.69) is 19.9 Å². The lowest BCUT2D eigenvalue weighted by atomic mass is 9.90. The maximum Gasteiger partial charge on any atom is 0.219 e. The first-order valence-electron chi connectivity index (χ1n) is 8.54. The van der Waals surface area contributed by atoms with Crippen LogP contribution in [0.3, 0.4) is 0 Å². The van der Waals surface area contributed by atoms with Crippen LogP contribution >= 0.6 is 12.4 Å². The zero-order valence-electron chi connectivity index (χ0n) is 14.6. The van der Waals surface area contributed by atoms with Gasteiger partial charge in [0.05, 0.1) is 5.69 Å². The van der Waals surface area contributed by atoms with Gasteiger partial charge in [-0.05, 0) is 48.9 Å². The number of pyridine rings is 2. The van der Waals surface area contributed by atoms with Crippen LogP contribution in [0, 0.1) is 5.95 Å². The average Bonchev–Trinajstić information content (AvgIpc) is 2.66. The van der Waals surface area contributed by atoms with Gasteiger partial charge in [0.25, 0.3) is 0 Å². The summed E-state index contributed by atoms with van der Waals surface area (Å²) in [5, 5.41) is 0. The summed E-state index contributed by atoms with van der Waals surface area (Å²) in [5.41, 5.74) is 10.3. The second-order valence-electron chi connectivity index (χ2n) is 6.21. The molecule has 0 amide bonds. The molecule has 3 heterocycles. The SMILES string of the molecule is Cl.Nc1ncc(-c2cc(OCc3cccc(F)n3)nc3c2CCCC3)cn1. The highest BCUT2D eigenvalue weighted by molar-refractivity contribution is 5.85. The van der Waals surface area contributed by atoms with E-state index in [4.69, 9.17) is 10.5 Å². The predicted molar refractivity (Wildman–Crippen MR) is 102 cm³/mol. The number of fused-ring (bicyclic) bond motifs is 1. The molecule has 1 aliphatic carbocycles. The molecule has 0 fully saturated rings. The van der Waals surface area contributed by atoms with Crippen LogP contribution in [0.4, 0.5) is 10.3 Å². The maximum atomic E-state index is 13.2. The van der Waals surface area contributed by atoms with E-state index in [9.17, 15) is 4.39 Å². The highest BCUT2D eigenvalue weighted by Gasteiger charge is 2.18. The van der Waals surface area contributed by atoms with Gasteiger partial charge < -0.3 is 10.5 Å². The Hall–Kier alpha value is -2.80. The second-order valence-corrected chi connectivity index (χ2v) is 6.21. The number of hydrogen-bond donors (Lipinski definition) is 1. The number of nitrogen functional groups attached to an aromatic ring is 1. The maximum absolute atomic E-state index is 13.2. The van der Waals surface area contributed by atoms with Gasteiger partial charge in [-0.25, -0.2) is 19.9 Å². The highest BCUT2D eigenvalue weighted by atomic mass is 35.5. The summed E-state index contributed by atoms with van der Waals surface area (Å²) in [4.78, 5) is 16.6. The fourth-order valence-corrected chi connectivity index (χ4v) is 3.17. The number of aryl methyl sites for hydroxylation is 1. The Bertz CT molecular complexity index is 936. The molecular formula is C19H19ClFN5O. The lowest BCUT2D eigenvalue weighted by molar-refractivity contribution is 0.286. The highest BCUT2D eigenvalue weighted by Crippen LogP contribution is 2.33. The van der Waals surface area contributed by atoms with E-state index in [1.807, 2.05) is 6.07 Å². The molecule has 0 unspecified atom stereocenters. The zero-order chi connectivity index (χ0) is 17.9. The van der Waals surface area contributed by atoms with Crippen LogP contribution in [0.5, 0.6) is 5.88 Å². The summed E-state index contributed by atoms with van der Waals surface area (Å²) >= 11 is 0. The molecule has 0 radical (unpaired) electrons. The number of nitrogens with zero attached hydrogens (tertiary/aromatic N) is 4. The van der Waals surface area contributed by atoms with Crippen molar-refractivity contribution in [3.63, 3.8) is 0 Å². The molecule has 27 heavy (non-hydrogen) atoms. The monoisotopic (exact) mass is 387 g/mol. The van der Waals surface area contributed by atoms with E-state index in [-0.39, 0.29) is 25.0 Å². The van der Waals surface area contributed by atoms with Gasteiger partial charge in [-0.1, -0.05) is 6.07 Å². The van der Waals surface area contributed by atoms with Gasteiger partial charge >= 0.3 is 0 Å². The number of aromatic nitrogens is 4. The Morgan fingerprint density at radius 2 is 1.85 bits per heavy atom. The normalized spacial score (nSPS) is 12.8. The lowest BCUT2D eigenvalue weighted by Crippen LogP contribution is -2.10. The van der Waals surface area contributed by atoms with Crippen molar-refractivity contribution in [3.05, 3.63) is 59.6 Å². The second kappa shape index (κ2) is 8.26. The third kappa shape index (κ3) is 4.31. The van der Waals surface area contributed by atoms with Gasteiger partial charge in [-0.2, -0.15) is 4.39 Å². The first-order chi connectivity index (χ1) is 12.7. The fourth-order valence-electron chi connectivity index (χ4n) is 3.17. The first kappa shape index (κ1) is 19.0. The molecular weight excluding hydrogens is 369 g/mol. The summed E-state index contributed by atoms with van der Waals surface area (Å²) in [6.45, 7) is 0.154. The molecule has 2 N–H and O–H groups in total. The molecule has 8 heteroatoms. The van der Waals surface area contributed by atoms with Gasteiger partial charge in [0.2, 0.25) is 17.8 Å². The van der Waals surface area contributed by atoms with Crippen molar-refractivity contribution in [3.8, 4) is 17.0 Å². The Morgan fingerprint density at radius 3 is 2.63 bits per heavy atom. The van der Waals surface area contributed by atoms with Gasteiger partial charge in [-0.15, -0.1) is 12.4 Å². The largest absolute Gasteiger partial charge is 0.471 e. The van der Waals surface area contributed by atoms with Crippen molar-refractivity contribution in [2.75, 3.05) is 5.73 Å². The quantitative estimate of drug-likeness (QED) is 0.689. The molecule has 1 aliphatic rings. The molecule has 4 rings (SSSR count). The van der Waals surface area contributed by atoms with Gasteiger partial charge in [0.15, 0.2) is 0 Å². The zero-order valence-corrected chi connectivity index (χ0v) is 15.4. The van der Waals surface area contributed by atoms with E-state index in [0.717, 1.165) is 42.5 Å². The minimum absolute atomic E-state index is 0. The number of nitrogens with two attached hydrogens (primary N) is 1. The minimum Gasteiger partial charge on any atom is -0.471 e. The lowest BCUT2D eigenvalue weighted by Gasteiger charge is -2.20. The Kier molecular flexibility index (Phi) is 5.81. The Balaban J connectivity index is 0.00000210. The molecule has 0 atom stereocenters. The van der Waals surface area contributed by atoms with Crippen LogP contribution in [-0.2, 0) is 19.4 Å². The van der Waals surface area contributed by atoms with Crippen molar-refractivity contribution in [2.45, 2.75) is 32.3 Å². The molecule has 0 spiro atoms. The number of ether oxygens (including phenoxy) is 1. The minimum atomic E-state index is -0.524. The topological polar surface area (TPSA) is 86.8 Å². The van der Waals surface area contributed by atoms with Crippen LogP contribution in [0.25, 0.3) is 11.1 Å². The van der Waals surface area contributed by atoms with Crippen molar-refractivity contribution in [2.24, 2.45) is 0 Å². The third-order valence-electron chi connectivity index (χ3n) is 4.40. The van der Waals surface area contributed by atoms with Crippen molar-refractivity contribution in [1.82, 2.24) is 19.9 Å². The molecule has 6 nitrogen and oxygen atoms in total. The van der Waals surface area contributed by atoms with Crippen molar-refractivity contribution in [1.29, 1.82) is 0 Å². The van der Waals surface area contributed by atoms with E-state index >= 15 is 0 Å². The number of anilines is 1. The molecule has 3 aromatic heterocycles. The molecule has 0 saturated carbocycles. The van der Waals surface area contributed by atoms with E-state index in [0.29, 0.717) is 11.6 Å². The van der Waals surface area contributed by atoms with Crippen LogP contribution in [-0.4, -0.2) is 19.9 Å². The smallest absolute Gasteiger partial charge is 0.219 e. The van der Waals surface area contributed by atoms with Crippen LogP contribution in [0.2, 0.25) is 0 Å². The Morgan fingerprint density at radius 1 is 1.07 bits per heavy atom. The van der Waals surface area contributed by atoms with Gasteiger partial charge in [0.1, 0.15) is 6.61 Å². The number of rotatable bonds is 4.